The Balaban J connectivity index is 1.98. The van der Waals surface area contributed by atoms with Crippen LogP contribution in [0.5, 0.6) is 0 Å². The molecule has 2 aromatic rings. The molecule has 0 aliphatic heterocycles. The molecule has 0 atom stereocenters. The third-order valence-corrected chi connectivity index (χ3v) is 2.30. The number of aromatic nitrogens is 2. The molecule has 1 amide bonds. The molecule has 5 heteroatoms. The maximum Gasteiger partial charge on any atom is 0.251 e. The van der Waals surface area contributed by atoms with Crippen molar-refractivity contribution in [3.05, 3.63) is 53.6 Å². The van der Waals surface area contributed by atoms with Gasteiger partial charge in [0.2, 0.25) is 0 Å². The molecule has 17 heavy (non-hydrogen) atoms. The fraction of sp³-hybridized carbons (Fsp3) is 0.167. The van der Waals surface area contributed by atoms with Crippen LogP contribution in [-0.2, 0) is 13.6 Å². The van der Waals surface area contributed by atoms with Gasteiger partial charge < -0.3 is 5.32 Å². The summed E-state index contributed by atoms with van der Waals surface area (Å²) in [6.07, 6.45) is 3.48. The van der Waals surface area contributed by atoms with Gasteiger partial charge in [0.15, 0.2) is 0 Å². The lowest BCUT2D eigenvalue weighted by molar-refractivity contribution is 0.0950. The molecule has 0 aliphatic rings. The molecule has 1 N–H and O–H groups in total. The zero-order valence-corrected chi connectivity index (χ0v) is 9.35. The SMILES string of the molecule is Cn1cc(CNC(=O)c2cccc(F)c2)cn1. The average molecular weight is 233 g/mol. The molecule has 2 rings (SSSR count). The quantitative estimate of drug-likeness (QED) is 0.873. The minimum Gasteiger partial charge on any atom is -0.348 e. The van der Waals surface area contributed by atoms with E-state index in [1.54, 1.807) is 24.0 Å². The van der Waals surface area contributed by atoms with Crippen LogP contribution in [0.3, 0.4) is 0 Å². The van der Waals surface area contributed by atoms with E-state index in [0.29, 0.717) is 12.1 Å². The second-order valence-corrected chi connectivity index (χ2v) is 3.72. The van der Waals surface area contributed by atoms with Gasteiger partial charge in [0.05, 0.1) is 6.20 Å². The van der Waals surface area contributed by atoms with Crippen molar-refractivity contribution in [3.63, 3.8) is 0 Å². The van der Waals surface area contributed by atoms with Crippen molar-refractivity contribution in [3.8, 4) is 0 Å². The number of halogens is 1. The minimum absolute atomic E-state index is 0.298. The monoisotopic (exact) mass is 233 g/mol. The van der Waals surface area contributed by atoms with E-state index in [-0.39, 0.29) is 5.91 Å². The van der Waals surface area contributed by atoms with Crippen molar-refractivity contribution in [2.24, 2.45) is 7.05 Å². The molecule has 1 heterocycles. The Kier molecular flexibility index (Phi) is 3.18. The standard InChI is InChI=1S/C12H12FN3O/c1-16-8-9(7-15-16)6-14-12(17)10-3-2-4-11(13)5-10/h2-5,7-8H,6H2,1H3,(H,14,17). The van der Waals surface area contributed by atoms with Crippen molar-refractivity contribution in [1.82, 2.24) is 15.1 Å². The molecule has 0 saturated heterocycles. The number of rotatable bonds is 3. The van der Waals surface area contributed by atoms with Gasteiger partial charge in [-0.05, 0) is 18.2 Å². The summed E-state index contributed by atoms with van der Waals surface area (Å²) >= 11 is 0. The van der Waals surface area contributed by atoms with Gasteiger partial charge in [-0.25, -0.2) is 4.39 Å². The molecule has 1 aromatic heterocycles. The molecule has 0 unspecified atom stereocenters. The summed E-state index contributed by atoms with van der Waals surface area (Å²) in [5.74, 6) is -0.715. The number of hydrogen-bond acceptors (Lipinski definition) is 2. The lowest BCUT2D eigenvalue weighted by atomic mass is 10.2. The Bertz CT molecular complexity index is 536. The van der Waals surface area contributed by atoms with Crippen molar-refractivity contribution in [2.45, 2.75) is 6.54 Å². The van der Waals surface area contributed by atoms with Crippen LogP contribution in [-0.4, -0.2) is 15.7 Å². The normalized spacial score (nSPS) is 10.2. The van der Waals surface area contributed by atoms with Crippen molar-refractivity contribution in [1.29, 1.82) is 0 Å². The average Bonchev–Trinajstić information content (AvgIpc) is 2.72. The van der Waals surface area contributed by atoms with Crippen LogP contribution in [0.2, 0.25) is 0 Å². The lowest BCUT2D eigenvalue weighted by Gasteiger charge is -2.03. The van der Waals surface area contributed by atoms with E-state index in [2.05, 4.69) is 10.4 Å². The summed E-state index contributed by atoms with van der Waals surface area (Å²) in [6, 6.07) is 5.59. The highest BCUT2D eigenvalue weighted by atomic mass is 19.1. The molecule has 0 aliphatic carbocycles. The van der Waals surface area contributed by atoms with E-state index in [1.165, 1.54) is 18.2 Å². The number of nitrogens with zero attached hydrogens (tertiary/aromatic N) is 2. The van der Waals surface area contributed by atoms with Gasteiger partial charge in [-0.3, -0.25) is 9.48 Å². The molecule has 1 aromatic carbocycles. The van der Waals surface area contributed by atoms with Crippen LogP contribution < -0.4 is 5.32 Å². The van der Waals surface area contributed by atoms with Gasteiger partial charge in [0.25, 0.3) is 5.91 Å². The van der Waals surface area contributed by atoms with Crippen molar-refractivity contribution in [2.75, 3.05) is 0 Å². The lowest BCUT2D eigenvalue weighted by Crippen LogP contribution is -2.22. The number of carbonyl (C=O) groups is 1. The summed E-state index contributed by atoms with van der Waals surface area (Å²) in [6.45, 7) is 0.378. The zero-order chi connectivity index (χ0) is 12.3. The predicted molar refractivity (Wildman–Crippen MR) is 60.8 cm³/mol. The van der Waals surface area contributed by atoms with Crippen LogP contribution in [0.1, 0.15) is 15.9 Å². The Labute approximate surface area is 98.1 Å². The van der Waals surface area contributed by atoms with E-state index in [0.717, 1.165) is 5.56 Å². The Morgan fingerprint density at radius 3 is 3.00 bits per heavy atom. The van der Waals surface area contributed by atoms with Crippen LogP contribution in [0, 0.1) is 5.82 Å². The maximum absolute atomic E-state index is 12.9. The number of amides is 1. The molecular weight excluding hydrogens is 221 g/mol. The Morgan fingerprint density at radius 1 is 1.53 bits per heavy atom. The van der Waals surface area contributed by atoms with Gasteiger partial charge in [0.1, 0.15) is 5.82 Å². The van der Waals surface area contributed by atoms with E-state index >= 15 is 0 Å². The van der Waals surface area contributed by atoms with Crippen molar-refractivity contribution < 1.29 is 9.18 Å². The summed E-state index contributed by atoms with van der Waals surface area (Å²) in [5.41, 5.74) is 1.21. The van der Waals surface area contributed by atoms with Crippen LogP contribution >= 0.6 is 0 Å². The molecule has 0 spiro atoms. The molecule has 0 radical (unpaired) electrons. The highest BCUT2D eigenvalue weighted by Gasteiger charge is 2.06. The van der Waals surface area contributed by atoms with Crippen molar-refractivity contribution >= 4 is 5.91 Å². The fourth-order valence-corrected chi connectivity index (χ4v) is 1.48. The first-order valence-electron chi connectivity index (χ1n) is 5.16. The molecule has 4 nitrogen and oxygen atoms in total. The summed E-state index contributed by atoms with van der Waals surface area (Å²) in [5, 5.41) is 6.68. The van der Waals surface area contributed by atoms with E-state index in [4.69, 9.17) is 0 Å². The van der Waals surface area contributed by atoms with Crippen LogP contribution in [0.15, 0.2) is 36.7 Å². The topological polar surface area (TPSA) is 46.9 Å². The first-order valence-corrected chi connectivity index (χ1v) is 5.16. The fourth-order valence-electron chi connectivity index (χ4n) is 1.48. The van der Waals surface area contributed by atoms with Gasteiger partial charge in [-0.2, -0.15) is 5.10 Å². The van der Waals surface area contributed by atoms with Gasteiger partial charge in [-0.1, -0.05) is 6.07 Å². The van der Waals surface area contributed by atoms with E-state index in [1.807, 2.05) is 6.20 Å². The number of nitrogens with one attached hydrogen (secondary N) is 1. The van der Waals surface area contributed by atoms with E-state index in [9.17, 15) is 9.18 Å². The Hall–Kier alpha value is -2.17. The molecule has 0 bridgehead atoms. The highest BCUT2D eigenvalue weighted by molar-refractivity contribution is 5.94. The van der Waals surface area contributed by atoms with Crippen LogP contribution in [0.25, 0.3) is 0 Å². The summed E-state index contributed by atoms with van der Waals surface area (Å²) in [4.78, 5) is 11.7. The first-order chi connectivity index (χ1) is 8.15. The Morgan fingerprint density at radius 2 is 2.35 bits per heavy atom. The van der Waals surface area contributed by atoms with Crippen LogP contribution in [0.4, 0.5) is 4.39 Å². The minimum atomic E-state index is -0.418. The largest absolute Gasteiger partial charge is 0.348 e. The number of hydrogen-bond donors (Lipinski definition) is 1. The first kappa shape index (κ1) is 11.3. The second-order valence-electron chi connectivity index (χ2n) is 3.72. The van der Waals surface area contributed by atoms with E-state index < -0.39 is 5.82 Å². The summed E-state index contributed by atoms with van der Waals surface area (Å²) in [7, 11) is 1.80. The van der Waals surface area contributed by atoms with Gasteiger partial charge in [-0.15, -0.1) is 0 Å². The maximum atomic E-state index is 12.9. The third kappa shape index (κ3) is 2.90. The third-order valence-electron chi connectivity index (χ3n) is 2.30. The van der Waals surface area contributed by atoms with Gasteiger partial charge in [0, 0.05) is 30.9 Å². The molecule has 0 saturated carbocycles. The molecular formula is C12H12FN3O. The summed E-state index contributed by atoms with van der Waals surface area (Å²) < 4.78 is 14.6. The highest BCUT2D eigenvalue weighted by Crippen LogP contribution is 2.04. The molecule has 88 valence electrons. The number of carbonyl (C=O) groups excluding carboxylic acids is 1. The second kappa shape index (κ2) is 4.78. The number of benzene rings is 1. The predicted octanol–water partition coefficient (Wildman–Crippen LogP) is 1.49. The number of aryl methyl sites for hydroxylation is 1. The zero-order valence-electron chi connectivity index (χ0n) is 9.35. The smallest absolute Gasteiger partial charge is 0.251 e. The van der Waals surface area contributed by atoms with Gasteiger partial charge >= 0.3 is 0 Å². The molecule has 0 fully saturated rings.